The Morgan fingerprint density at radius 2 is 2.27 bits per heavy atom. The predicted molar refractivity (Wildman–Crippen MR) is 57.9 cm³/mol. The molecule has 0 aromatic heterocycles. The van der Waals surface area contributed by atoms with Crippen molar-refractivity contribution in [2.24, 2.45) is 0 Å². The van der Waals surface area contributed by atoms with E-state index in [2.05, 4.69) is 25.8 Å². The van der Waals surface area contributed by atoms with E-state index < -0.39 is 5.97 Å². The molecular weight excluding hydrogens is 194 g/mol. The Hall–Kier alpha value is -0.610. The summed E-state index contributed by atoms with van der Waals surface area (Å²) in [5.41, 5.74) is 0. The van der Waals surface area contributed by atoms with Gasteiger partial charge in [0.1, 0.15) is 0 Å². The molecule has 0 aliphatic carbocycles. The van der Waals surface area contributed by atoms with Gasteiger partial charge in [0.05, 0.1) is 12.5 Å². The number of carboxylic acids is 1. The van der Waals surface area contributed by atoms with Gasteiger partial charge >= 0.3 is 5.97 Å². The lowest BCUT2D eigenvalue weighted by atomic mass is 9.99. The van der Waals surface area contributed by atoms with Gasteiger partial charge in [0, 0.05) is 18.7 Å². The average Bonchev–Trinajstić information content (AvgIpc) is 2.16. The van der Waals surface area contributed by atoms with Crippen LogP contribution in [-0.4, -0.2) is 47.8 Å². The number of rotatable bonds is 4. The molecule has 1 rings (SSSR count). The van der Waals surface area contributed by atoms with Gasteiger partial charge in [-0.05, 0) is 33.7 Å². The summed E-state index contributed by atoms with van der Waals surface area (Å²) in [5, 5.41) is 8.71. The molecule has 4 heteroatoms. The molecule has 1 fully saturated rings. The SMILES string of the molecule is CC(C)N(C)C1CCOC(CC(=O)O)C1. The van der Waals surface area contributed by atoms with Gasteiger partial charge in [0.25, 0.3) is 0 Å². The molecule has 1 aliphatic rings. The third-order valence-electron chi connectivity index (χ3n) is 3.13. The van der Waals surface area contributed by atoms with Crippen molar-refractivity contribution in [3.8, 4) is 0 Å². The Morgan fingerprint density at radius 1 is 1.60 bits per heavy atom. The zero-order valence-electron chi connectivity index (χ0n) is 9.77. The van der Waals surface area contributed by atoms with Crippen LogP contribution in [0.3, 0.4) is 0 Å². The molecule has 88 valence electrons. The highest BCUT2D eigenvalue weighted by molar-refractivity contribution is 5.67. The smallest absolute Gasteiger partial charge is 0.305 e. The molecule has 1 aliphatic heterocycles. The fourth-order valence-electron chi connectivity index (χ4n) is 1.99. The normalized spacial score (nSPS) is 27.3. The fourth-order valence-corrected chi connectivity index (χ4v) is 1.99. The summed E-state index contributed by atoms with van der Waals surface area (Å²) in [4.78, 5) is 12.9. The first kappa shape index (κ1) is 12.5. The Labute approximate surface area is 91.2 Å². The lowest BCUT2D eigenvalue weighted by Gasteiger charge is -2.37. The molecule has 0 amide bonds. The summed E-state index contributed by atoms with van der Waals surface area (Å²) < 4.78 is 5.44. The van der Waals surface area contributed by atoms with Crippen LogP contribution in [0.15, 0.2) is 0 Å². The van der Waals surface area contributed by atoms with Crippen LogP contribution in [-0.2, 0) is 9.53 Å². The first-order valence-corrected chi connectivity index (χ1v) is 5.56. The maximum atomic E-state index is 10.6. The minimum atomic E-state index is -0.771. The molecule has 0 radical (unpaired) electrons. The van der Waals surface area contributed by atoms with Gasteiger partial charge in [-0.3, -0.25) is 4.79 Å². The van der Waals surface area contributed by atoms with Gasteiger partial charge in [-0.25, -0.2) is 0 Å². The van der Waals surface area contributed by atoms with Gasteiger partial charge in [0.2, 0.25) is 0 Å². The van der Waals surface area contributed by atoms with Crippen LogP contribution < -0.4 is 0 Å². The molecule has 0 aromatic rings. The highest BCUT2D eigenvalue weighted by Gasteiger charge is 2.27. The average molecular weight is 215 g/mol. The molecule has 0 spiro atoms. The quantitative estimate of drug-likeness (QED) is 0.769. The number of hydrogen-bond donors (Lipinski definition) is 1. The molecule has 2 atom stereocenters. The molecule has 4 nitrogen and oxygen atoms in total. The number of carboxylic acid groups (broad SMARTS) is 1. The van der Waals surface area contributed by atoms with Crippen LogP contribution in [0.1, 0.15) is 33.1 Å². The van der Waals surface area contributed by atoms with Crippen LogP contribution in [0.4, 0.5) is 0 Å². The topological polar surface area (TPSA) is 49.8 Å². The summed E-state index contributed by atoms with van der Waals surface area (Å²) in [6.45, 7) is 4.99. The van der Waals surface area contributed by atoms with Crippen molar-refractivity contribution in [1.82, 2.24) is 4.90 Å². The van der Waals surface area contributed by atoms with E-state index in [1.54, 1.807) is 0 Å². The molecule has 0 aromatic carbocycles. The molecule has 2 unspecified atom stereocenters. The van der Waals surface area contributed by atoms with Crippen molar-refractivity contribution < 1.29 is 14.6 Å². The molecule has 0 bridgehead atoms. The largest absolute Gasteiger partial charge is 0.481 e. The first-order chi connectivity index (χ1) is 7.00. The Morgan fingerprint density at radius 3 is 2.80 bits per heavy atom. The van der Waals surface area contributed by atoms with Gasteiger partial charge < -0.3 is 14.7 Å². The lowest BCUT2D eigenvalue weighted by Crippen LogP contribution is -2.43. The van der Waals surface area contributed by atoms with Crippen LogP contribution in [0.2, 0.25) is 0 Å². The molecule has 0 saturated carbocycles. The van der Waals surface area contributed by atoms with E-state index >= 15 is 0 Å². The van der Waals surface area contributed by atoms with Crippen LogP contribution >= 0.6 is 0 Å². The summed E-state index contributed by atoms with van der Waals surface area (Å²) in [6, 6.07) is 0.960. The Balaban J connectivity index is 2.44. The van der Waals surface area contributed by atoms with E-state index in [1.165, 1.54) is 0 Å². The van der Waals surface area contributed by atoms with E-state index in [1.807, 2.05) is 0 Å². The van der Waals surface area contributed by atoms with E-state index in [4.69, 9.17) is 9.84 Å². The lowest BCUT2D eigenvalue weighted by molar-refractivity contribution is -0.141. The minimum absolute atomic E-state index is 0.109. The van der Waals surface area contributed by atoms with Crippen LogP contribution in [0, 0.1) is 0 Å². The molecule has 1 heterocycles. The van der Waals surface area contributed by atoms with E-state index in [0.717, 1.165) is 12.8 Å². The number of ether oxygens (including phenoxy) is 1. The van der Waals surface area contributed by atoms with Crippen LogP contribution in [0.5, 0.6) is 0 Å². The summed E-state index contributed by atoms with van der Waals surface area (Å²) in [7, 11) is 2.10. The van der Waals surface area contributed by atoms with Crippen molar-refractivity contribution in [3.05, 3.63) is 0 Å². The number of nitrogens with zero attached hydrogens (tertiary/aromatic N) is 1. The monoisotopic (exact) mass is 215 g/mol. The number of carbonyl (C=O) groups is 1. The predicted octanol–water partition coefficient (Wildman–Crippen LogP) is 1.35. The minimum Gasteiger partial charge on any atom is -0.481 e. The fraction of sp³-hybridized carbons (Fsp3) is 0.909. The van der Waals surface area contributed by atoms with Crippen molar-refractivity contribution in [1.29, 1.82) is 0 Å². The highest BCUT2D eigenvalue weighted by atomic mass is 16.5. The van der Waals surface area contributed by atoms with Gasteiger partial charge in [-0.15, -0.1) is 0 Å². The van der Waals surface area contributed by atoms with E-state index in [0.29, 0.717) is 18.7 Å². The standard InChI is InChI=1S/C11H21NO3/c1-8(2)12(3)9-4-5-15-10(6-9)7-11(13)14/h8-10H,4-7H2,1-3H3,(H,13,14). The zero-order chi connectivity index (χ0) is 11.4. The second kappa shape index (κ2) is 5.47. The number of aliphatic carboxylic acids is 1. The van der Waals surface area contributed by atoms with E-state index in [9.17, 15) is 4.79 Å². The maximum Gasteiger partial charge on any atom is 0.305 e. The van der Waals surface area contributed by atoms with E-state index in [-0.39, 0.29) is 12.5 Å². The maximum absolute atomic E-state index is 10.6. The first-order valence-electron chi connectivity index (χ1n) is 5.56. The zero-order valence-corrected chi connectivity index (χ0v) is 9.77. The third kappa shape index (κ3) is 3.80. The molecular formula is C11H21NO3. The van der Waals surface area contributed by atoms with Gasteiger partial charge in [-0.1, -0.05) is 0 Å². The Kier molecular flexibility index (Phi) is 4.54. The van der Waals surface area contributed by atoms with Crippen molar-refractivity contribution >= 4 is 5.97 Å². The van der Waals surface area contributed by atoms with Crippen molar-refractivity contribution in [2.75, 3.05) is 13.7 Å². The van der Waals surface area contributed by atoms with Gasteiger partial charge in [0.15, 0.2) is 0 Å². The molecule has 1 saturated heterocycles. The second-order valence-electron chi connectivity index (χ2n) is 4.53. The van der Waals surface area contributed by atoms with Crippen LogP contribution in [0.25, 0.3) is 0 Å². The van der Waals surface area contributed by atoms with Crippen molar-refractivity contribution in [2.45, 2.75) is 51.3 Å². The number of hydrogen-bond acceptors (Lipinski definition) is 3. The summed E-state index contributed by atoms with van der Waals surface area (Å²) in [6.07, 6.45) is 1.86. The summed E-state index contributed by atoms with van der Waals surface area (Å²) in [5.74, 6) is -0.771. The highest BCUT2D eigenvalue weighted by Crippen LogP contribution is 2.21. The second-order valence-corrected chi connectivity index (χ2v) is 4.53. The Bertz CT molecular complexity index is 218. The molecule has 15 heavy (non-hydrogen) atoms. The van der Waals surface area contributed by atoms with Crippen molar-refractivity contribution in [3.63, 3.8) is 0 Å². The molecule has 1 N–H and O–H groups in total. The van der Waals surface area contributed by atoms with Gasteiger partial charge in [-0.2, -0.15) is 0 Å². The third-order valence-corrected chi connectivity index (χ3v) is 3.13. The summed E-state index contributed by atoms with van der Waals surface area (Å²) >= 11 is 0.